The van der Waals surface area contributed by atoms with Gasteiger partial charge in [-0.25, -0.2) is 0 Å². The van der Waals surface area contributed by atoms with Gasteiger partial charge in [0.05, 0.1) is 13.5 Å². The lowest BCUT2D eigenvalue weighted by molar-refractivity contribution is -0.141. The molecule has 1 atom stereocenters. The van der Waals surface area contributed by atoms with Crippen LogP contribution in [0.1, 0.15) is 26.7 Å². The fourth-order valence-electron chi connectivity index (χ4n) is 1.03. The molecule has 0 rings (SSSR count). The highest BCUT2D eigenvalue weighted by Gasteiger charge is 2.15. The van der Waals surface area contributed by atoms with E-state index in [0.29, 0.717) is 12.3 Å². The Labute approximate surface area is 73.1 Å². The van der Waals surface area contributed by atoms with E-state index in [2.05, 4.69) is 4.74 Å². The van der Waals surface area contributed by atoms with Crippen molar-refractivity contribution in [3.05, 3.63) is 0 Å². The molecular weight excluding hydrogens is 156 g/mol. The lowest BCUT2D eigenvalue weighted by Crippen LogP contribution is -2.13. The zero-order valence-corrected chi connectivity index (χ0v) is 7.79. The summed E-state index contributed by atoms with van der Waals surface area (Å²) in [6.07, 6.45) is 2.69. The summed E-state index contributed by atoms with van der Waals surface area (Å²) >= 11 is 0. The third-order valence-electron chi connectivity index (χ3n) is 1.56. The van der Waals surface area contributed by atoms with Gasteiger partial charge in [-0.2, -0.15) is 0 Å². The molecular formula is C9H15O3. The number of rotatable bonds is 5. The third kappa shape index (κ3) is 4.88. The minimum atomic E-state index is -0.344. The molecule has 0 amide bonds. The first kappa shape index (κ1) is 11.1. The number of hydrogen-bond donors (Lipinski definition) is 0. The van der Waals surface area contributed by atoms with Gasteiger partial charge in [0.2, 0.25) is 6.29 Å². The molecule has 1 unspecified atom stereocenters. The Bertz CT molecular complexity index is 152. The molecule has 0 aliphatic rings. The monoisotopic (exact) mass is 171 g/mol. The van der Waals surface area contributed by atoms with Gasteiger partial charge in [-0.1, -0.05) is 13.8 Å². The molecule has 0 N–H and O–H groups in total. The first-order valence-electron chi connectivity index (χ1n) is 4.04. The molecule has 0 saturated carbocycles. The zero-order valence-electron chi connectivity index (χ0n) is 7.79. The van der Waals surface area contributed by atoms with Crippen LogP contribution in [0.3, 0.4) is 0 Å². The average Bonchev–Trinajstić information content (AvgIpc) is 2.02. The zero-order chi connectivity index (χ0) is 9.56. The molecule has 0 saturated heterocycles. The van der Waals surface area contributed by atoms with Crippen molar-refractivity contribution in [2.45, 2.75) is 26.7 Å². The Kier molecular flexibility index (Phi) is 5.34. The lowest BCUT2D eigenvalue weighted by Gasteiger charge is -2.09. The summed E-state index contributed by atoms with van der Waals surface area (Å²) < 4.78 is 4.45. The molecule has 0 heterocycles. The number of ether oxygens (including phenoxy) is 1. The van der Waals surface area contributed by atoms with E-state index in [1.807, 2.05) is 20.1 Å². The number of hydrogen-bond acceptors (Lipinski definition) is 3. The van der Waals surface area contributed by atoms with Crippen LogP contribution >= 0.6 is 0 Å². The molecule has 1 radical (unpaired) electrons. The molecule has 3 heteroatoms. The topological polar surface area (TPSA) is 43.4 Å². The van der Waals surface area contributed by atoms with Crippen LogP contribution < -0.4 is 0 Å². The molecule has 0 aliphatic heterocycles. The van der Waals surface area contributed by atoms with Crippen LogP contribution in [0.5, 0.6) is 0 Å². The van der Waals surface area contributed by atoms with Gasteiger partial charge in [-0.15, -0.1) is 0 Å². The second-order valence-electron chi connectivity index (χ2n) is 3.22. The number of carbonyl (C=O) groups excluding carboxylic acids is 2. The highest BCUT2D eigenvalue weighted by atomic mass is 16.5. The molecule has 0 aromatic rings. The maximum atomic E-state index is 10.8. The van der Waals surface area contributed by atoms with Crippen molar-refractivity contribution in [3.63, 3.8) is 0 Å². The Morgan fingerprint density at radius 1 is 1.50 bits per heavy atom. The van der Waals surface area contributed by atoms with Crippen LogP contribution in [0, 0.1) is 11.8 Å². The van der Waals surface area contributed by atoms with E-state index in [1.165, 1.54) is 7.11 Å². The summed E-state index contributed by atoms with van der Waals surface area (Å²) in [6.45, 7) is 4.00. The molecule has 0 aliphatic carbocycles. The highest BCUT2D eigenvalue weighted by Crippen LogP contribution is 2.13. The quantitative estimate of drug-likeness (QED) is 0.586. The number of carbonyl (C=O) groups is 1. The van der Waals surface area contributed by atoms with Crippen LogP contribution in [-0.4, -0.2) is 19.4 Å². The van der Waals surface area contributed by atoms with E-state index in [1.54, 1.807) is 0 Å². The first-order valence-corrected chi connectivity index (χ1v) is 4.04. The third-order valence-corrected chi connectivity index (χ3v) is 1.56. The van der Waals surface area contributed by atoms with Gasteiger partial charge in [0, 0.05) is 5.92 Å². The summed E-state index contributed by atoms with van der Waals surface area (Å²) in [5.74, 6) is -0.248. The fourth-order valence-corrected chi connectivity index (χ4v) is 1.03. The number of methoxy groups -OCH3 is 1. The first-order chi connectivity index (χ1) is 5.60. The average molecular weight is 171 g/mol. The predicted octanol–water partition coefficient (Wildman–Crippen LogP) is 1.32. The van der Waals surface area contributed by atoms with Gasteiger partial charge in [0.25, 0.3) is 0 Å². The van der Waals surface area contributed by atoms with Crippen molar-refractivity contribution < 1.29 is 14.3 Å². The van der Waals surface area contributed by atoms with Crippen molar-refractivity contribution in [3.8, 4) is 0 Å². The Morgan fingerprint density at radius 3 is 2.42 bits per heavy atom. The van der Waals surface area contributed by atoms with Crippen LogP contribution in [0.4, 0.5) is 0 Å². The molecule has 69 valence electrons. The molecule has 0 fully saturated rings. The molecule has 0 bridgehead atoms. The second kappa shape index (κ2) is 5.75. The normalized spacial score (nSPS) is 12.7. The van der Waals surface area contributed by atoms with E-state index >= 15 is 0 Å². The predicted molar refractivity (Wildman–Crippen MR) is 45.3 cm³/mol. The molecule has 12 heavy (non-hydrogen) atoms. The second-order valence-corrected chi connectivity index (χ2v) is 3.22. The minimum absolute atomic E-state index is 0.151. The van der Waals surface area contributed by atoms with Gasteiger partial charge in [0.1, 0.15) is 0 Å². The van der Waals surface area contributed by atoms with E-state index in [-0.39, 0.29) is 18.3 Å². The molecule has 0 aromatic carbocycles. The van der Waals surface area contributed by atoms with Gasteiger partial charge >= 0.3 is 5.97 Å². The molecule has 0 aromatic heterocycles. The van der Waals surface area contributed by atoms with Gasteiger partial charge in [0.15, 0.2) is 0 Å². The standard InChI is InChI=1S/C9H15O3/c1-7(2)4-8(6-10)5-9(11)12-3/h7-8H,4-5H2,1-3H3. The van der Waals surface area contributed by atoms with Crippen molar-refractivity contribution in [2.24, 2.45) is 11.8 Å². The summed E-state index contributed by atoms with van der Waals surface area (Å²) in [7, 11) is 1.32. The Balaban J connectivity index is 3.82. The van der Waals surface area contributed by atoms with Crippen LogP contribution in [-0.2, 0) is 14.3 Å². The Hall–Kier alpha value is -0.860. The fraction of sp³-hybridized carbons (Fsp3) is 0.778. The van der Waals surface area contributed by atoms with Gasteiger partial charge < -0.3 is 4.74 Å². The summed E-state index contributed by atoms with van der Waals surface area (Å²) in [5, 5.41) is 0. The van der Waals surface area contributed by atoms with Crippen molar-refractivity contribution in [1.82, 2.24) is 0 Å². The van der Waals surface area contributed by atoms with E-state index < -0.39 is 0 Å². The van der Waals surface area contributed by atoms with Gasteiger partial charge in [-0.05, 0) is 12.3 Å². The van der Waals surface area contributed by atoms with Crippen LogP contribution in [0.2, 0.25) is 0 Å². The summed E-state index contributed by atoms with van der Waals surface area (Å²) in [4.78, 5) is 21.1. The lowest BCUT2D eigenvalue weighted by atomic mass is 9.96. The Morgan fingerprint density at radius 2 is 2.08 bits per heavy atom. The van der Waals surface area contributed by atoms with Crippen molar-refractivity contribution in [2.75, 3.05) is 7.11 Å². The largest absolute Gasteiger partial charge is 0.469 e. The molecule has 3 nitrogen and oxygen atoms in total. The SMILES string of the molecule is COC(=O)CC([C]=O)CC(C)C. The maximum absolute atomic E-state index is 10.8. The van der Waals surface area contributed by atoms with Crippen molar-refractivity contribution >= 4 is 12.3 Å². The summed E-state index contributed by atoms with van der Waals surface area (Å²) in [6, 6.07) is 0. The minimum Gasteiger partial charge on any atom is -0.469 e. The van der Waals surface area contributed by atoms with E-state index in [4.69, 9.17) is 0 Å². The number of esters is 1. The van der Waals surface area contributed by atoms with Gasteiger partial charge in [-0.3, -0.25) is 9.59 Å². The van der Waals surface area contributed by atoms with Crippen LogP contribution in [0.15, 0.2) is 0 Å². The van der Waals surface area contributed by atoms with E-state index in [0.717, 1.165) is 0 Å². The molecule has 0 spiro atoms. The van der Waals surface area contributed by atoms with Crippen LogP contribution in [0.25, 0.3) is 0 Å². The highest BCUT2D eigenvalue weighted by molar-refractivity contribution is 5.73. The maximum Gasteiger partial charge on any atom is 0.306 e. The van der Waals surface area contributed by atoms with Crippen molar-refractivity contribution in [1.29, 1.82) is 0 Å². The summed E-state index contributed by atoms with van der Waals surface area (Å²) in [5.41, 5.74) is 0. The van der Waals surface area contributed by atoms with E-state index in [9.17, 15) is 9.59 Å². The smallest absolute Gasteiger partial charge is 0.306 e.